The van der Waals surface area contributed by atoms with Crippen LogP contribution in [0, 0.1) is 39.4 Å². The van der Waals surface area contributed by atoms with Crippen molar-refractivity contribution in [1.82, 2.24) is 20.4 Å². The van der Waals surface area contributed by atoms with Gasteiger partial charge in [0.1, 0.15) is 6.04 Å². The molecule has 5 rings (SSSR count). The second-order valence-electron chi connectivity index (χ2n) is 20.3. The van der Waals surface area contributed by atoms with Crippen LogP contribution in [0.4, 0.5) is 4.79 Å². The molecule has 5 amide bonds. The first kappa shape index (κ1) is 43.7. The quantitative estimate of drug-likeness (QED) is 0.0909. The zero-order chi connectivity index (χ0) is 41.2. The summed E-state index contributed by atoms with van der Waals surface area (Å²) in [5.41, 5.74) is -1.37. The third kappa shape index (κ3) is 9.66. The van der Waals surface area contributed by atoms with Crippen LogP contribution in [-0.4, -0.2) is 82.1 Å². The van der Waals surface area contributed by atoms with Crippen molar-refractivity contribution in [3.63, 3.8) is 0 Å². The van der Waals surface area contributed by atoms with Crippen molar-refractivity contribution in [3.8, 4) is 0 Å². The van der Waals surface area contributed by atoms with Gasteiger partial charge < -0.3 is 15.5 Å². The summed E-state index contributed by atoms with van der Waals surface area (Å²) >= 11 is 0. The second kappa shape index (κ2) is 17.2. The first-order valence-corrected chi connectivity index (χ1v) is 21.7. The zero-order valence-electron chi connectivity index (χ0n) is 35.4. The smallest absolute Gasteiger partial charge is 0.315 e. The predicted molar refractivity (Wildman–Crippen MR) is 215 cm³/mol. The highest BCUT2D eigenvalue weighted by atomic mass is 16.2. The molecule has 2 heterocycles. The number of imide groups is 1. The number of amides is 5. The number of unbranched alkanes of at least 4 members (excludes halogenated alkanes) is 1. The van der Waals surface area contributed by atoms with Gasteiger partial charge in [0.05, 0.1) is 12.1 Å². The molecule has 2 saturated heterocycles. The highest BCUT2D eigenvalue weighted by Crippen LogP contribution is 2.66. The molecule has 0 aromatic rings. The molecule has 0 aromatic heterocycles. The van der Waals surface area contributed by atoms with E-state index < -0.39 is 57.9 Å². The molecule has 56 heavy (non-hydrogen) atoms. The summed E-state index contributed by atoms with van der Waals surface area (Å²) < 4.78 is 0. The van der Waals surface area contributed by atoms with Gasteiger partial charge in [-0.3, -0.25) is 33.7 Å². The number of allylic oxidation sites excluding steroid dienone is 1. The number of ketones is 3. The van der Waals surface area contributed by atoms with Crippen molar-refractivity contribution in [2.45, 2.75) is 176 Å². The van der Waals surface area contributed by atoms with Crippen LogP contribution < -0.4 is 10.6 Å². The van der Waals surface area contributed by atoms with Crippen LogP contribution in [0.1, 0.15) is 158 Å². The van der Waals surface area contributed by atoms with Crippen molar-refractivity contribution < 1.29 is 33.6 Å². The Labute approximate surface area is 335 Å². The number of hydrogen-bond acceptors (Lipinski definition) is 7. The molecular weight excluding hydrogens is 709 g/mol. The lowest BCUT2D eigenvalue weighted by Gasteiger charge is -2.43. The van der Waals surface area contributed by atoms with Crippen molar-refractivity contribution in [1.29, 1.82) is 0 Å². The van der Waals surface area contributed by atoms with Gasteiger partial charge in [-0.25, -0.2) is 4.79 Å². The minimum absolute atomic E-state index is 0.0177. The molecule has 3 saturated carbocycles. The predicted octanol–water partition coefficient (Wildman–Crippen LogP) is 7.10. The molecule has 5 aliphatic rings. The van der Waals surface area contributed by atoms with Crippen LogP contribution in [-0.2, 0) is 28.8 Å². The standard InChI is InChI=1S/C45H70N4O7/c1-9-11-16-29(38(54)32(50)17-12-10-2)24-33(51)37-30-18-21-45(22-23-45)31(30)27-49(37)40(55)39(44(8)19-14-13-15-20-44)47-41(56)46-34(42(3,4)5)28-48-35(52)25-43(6,7)26-36(48)53/h10,29-31,34,37,39H,2,9,11-28H2,1,3-8H3,(H2,46,47,56)/t29?,30-,31-,34+,37-,39+/m0/s1. The normalized spacial score (nSPS) is 26.6. The Hall–Kier alpha value is -3.37. The molecule has 1 unspecified atom stereocenters. The molecule has 0 radical (unpaired) electrons. The van der Waals surface area contributed by atoms with Gasteiger partial charge in [0.25, 0.3) is 0 Å². The van der Waals surface area contributed by atoms with E-state index >= 15 is 4.79 Å². The summed E-state index contributed by atoms with van der Waals surface area (Å²) in [5.74, 6) is -2.45. The molecule has 0 aromatic carbocycles. The van der Waals surface area contributed by atoms with Gasteiger partial charge in [0.15, 0.2) is 11.6 Å². The lowest BCUT2D eigenvalue weighted by molar-refractivity contribution is -0.153. The zero-order valence-corrected chi connectivity index (χ0v) is 35.4. The van der Waals surface area contributed by atoms with Gasteiger partial charge in [0, 0.05) is 44.7 Å². The Morgan fingerprint density at radius 1 is 0.929 bits per heavy atom. The van der Waals surface area contributed by atoms with E-state index in [4.69, 9.17) is 0 Å². The summed E-state index contributed by atoms with van der Waals surface area (Å²) in [7, 11) is 0. The lowest BCUT2D eigenvalue weighted by atomic mass is 9.70. The third-order valence-electron chi connectivity index (χ3n) is 14.3. The summed E-state index contributed by atoms with van der Waals surface area (Å²) in [6.07, 6.45) is 12.9. The van der Waals surface area contributed by atoms with Crippen LogP contribution >= 0.6 is 0 Å². The van der Waals surface area contributed by atoms with Gasteiger partial charge in [-0.05, 0) is 84.9 Å². The fraction of sp³-hybridized carbons (Fsp3) is 0.800. The van der Waals surface area contributed by atoms with Crippen LogP contribution in [0.3, 0.4) is 0 Å². The first-order valence-electron chi connectivity index (χ1n) is 21.7. The van der Waals surface area contributed by atoms with Gasteiger partial charge >= 0.3 is 6.03 Å². The van der Waals surface area contributed by atoms with Crippen molar-refractivity contribution in [3.05, 3.63) is 12.7 Å². The minimum Gasteiger partial charge on any atom is -0.333 e. The number of carbonyl (C=O) groups excluding carboxylic acids is 7. The van der Waals surface area contributed by atoms with Crippen LogP contribution in [0.15, 0.2) is 12.7 Å². The molecule has 2 N–H and O–H groups in total. The number of Topliss-reactive ketones (excluding diaryl/α,β-unsaturated/α-hetero) is 3. The topological polar surface area (TPSA) is 150 Å². The summed E-state index contributed by atoms with van der Waals surface area (Å²) in [4.78, 5) is 99.8. The van der Waals surface area contributed by atoms with Crippen molar-refractivity contribution >= 4 is 41.1 Å². The minimum atomic E-state index is -0.912. The number of nitrogens with one attached hydrogen (secondary N) is 2. The maximum Gasteiger partial charge on any atom is 0.315 e. The molecule has 11 heteroatoms. The molecule has 2 aliphatic heterocycles. The van der Waals surface area contributed by atoms with E-state index in [-0.39, 0.29) is 73.0 Å². The number of piperidine rings is 1. The van der Waals surface area contributed by atoms with Crippen molar-refractivity contribution in [2.24, 2.45) is 39.4 Å². The van der Waals surface area contributed by atoms with Crippen LogP contribution in [0.25, 0.3) is 0 Å². The Morgan fingerprint density at radius 3 is 2.14 bits per heavy atom. The maximum absolute atomic E-state index is 15.2. The largest absolute Gasteiger partial charge is 0.333 e. The highest BCUT2D eigenvalue weighted by molar-refractivity contribution is 6.38. The van der Waals surface area contributed by atoms with Gasteiger partial charge in [-0.1, -0.05) is 86.6 Å². The molecule has 5 fully saturated rings. The van der Waals surface area contributed by atoms with Gasteiger partial charge in [-0.15, -0.1) is 6.58 Å². The number of fused-ring (bicyclic) bond motifs is 2. The fourth-order valence-electron chi connectivity index (χ4n) is 10.5. The van der Waals surface area contributed by atoms with Crippen LogP contribution in [0.5, 0.6) is 0 Å². The fourth-order valence-corrected chi connectivity index (χ4v) is 10.5. The van der Waals surface area contributed by atoms with Crippen molar-refractivity contribution in [2.75, 3.05) is 13.1 Å². The molecule has 3 aliphatic carbocycles. The lowest BCUT2D eigenvalue weighted by Crippen LogP contribution is -2.63. The molecule has 0 bridgehead atoms. The summed E-state index contributed by atoms with van der Waals surface area (Å²) in [5, 5.41) is 6.18. The summed E-state index contributed by atoms with van der Waals surface area (Å²) in [6.45, 7) is 17.9. The maximum atomic E-state index is 15.2. The Kier molecular flexibility index (Phi) is 13.5. The summed E-state index contributed by atoms with van der Waals surface area (Å²) in [6, 6.07) is -2.76. The molecule has 312 valence electrons. The third-order valence-corrected chi connectivity index (χ3v) is 14.3. The van der Waals surface area contributed by atoms with E-state index in [9.17, 15) is 28.8 Å². The SMILES string of the molecule is C=CCCC(=O)C(=O)C(CCCC)CC(=O)[C@@H]1[C@H]2CCC3(CC3)[C@H]2CN1C(=O)[C@@H](NC(=O)N[C@H](CN1C(=O)CC(C)(C)CC1=O)C(C)(C)C)C1(C)CCCCC1. The molecular formula is C45H70N4O7. The Morgan fingerprint density at radius 2 is 1.57 bits per heavy atom. The highest BCUT2D eigenvalue weighted by Gasteiger charge is 2.64. The van der Waals surface area contributed by atoms with Gasteiger partial charge in [0.2, 0.25) is 23.5 Å². The number of likely N-dealkylation sites (tertiary alicyclic amines) is 2. The molecule has 6 atom stereocenters. The van der Waals surface area contributed by atoms with E-state index in [0.29, 0.717) is 25.8 Å². The number of hydrogen-bond donors (Lipinski definition) is 2. The van der Waals surface area contributed by atoms with Crippen LogP contribution in [0.2, 0.25) is 0 Å². The van der Waals surface area contributed by atoms with E-state index in [1.807, 2.05) is 41.5 Å². The molecule has 1 spiro atoms. The molecule has 11 nitrogen and oxygen atoms in total. The van der Waals surface area contributed by atoms with E-state index in [2.05, 4.69) is 24.1 Å². The van der Waals surface area contributed by atoms with Gasteiger partial charge in [-0.2, -0.15) is 0 Å². The Bertz CT molecular complexity index is 1530. The number of urea groups is 1. The van der Waals surface area contributed by atoms with E-state index in [0.717, 1.165) is 64.2 Å². The monoisotopic (exact) mass is 779 g/mol. The Balaban J connectivity index is 1.41. The first-order chi connectivity index (χ1) is 26.3. The van der Waals surface area contributed by atoms with E-state index in [1.165, 1.54) is 4.90 Å². The van der Waals surface area contributed by atoms with E-state index in [1.54, 1.807) is 11.0 Å². The average molecular weight is 779 g/mol. The second-order valence-corrected chi connectivity index (χ2v) is 20.3. The number of carbonyl (C=O) groups is 7. The number of nitrogens with zero attached hydrogens (tertiary/aromatic N) is 2. The number of rotatable bonds is 17. The average Bonchev–Trinajstić information content (AvgIpc) is 3.69.